The number of esters is 1. The van der Waals surface area contributed by atoms with Gasteiger partial charge in [0.25, 0.3) is 0 Å². The third-order valence-corrected chi connectivity index (χ3v) is 7.02. The Morgan fingerprint density at radius 1 is 0.600 bits per heavy atom. The largest absolute Gasteiger partial charge is 0.481 e. The summed E-state index contributed by atoms with van der Waals surface area (Å²) in [6.07, 6.45) is 41.3. The highest BCUT2D eigenvalue weighted by Gasteiger charge is 2.11. The summed E-state index contributed by atoms with van der Waals surface area (Å²) in [6.45, 7) is 4.40. The molecule has 0 aromatic rings. The second-order valence-electron chi connectivity index (χ2n) is 11.0. The molecule has 0 bridgehead atoms. The molecule has 0 aliphatic heterocycles. The van der Waals surface area contributed by atoms with Crippen molar-refractivity contribution in [3.63, 3.8) is 0 Å². The number of aliphatic carboxylic acids is 1. The molecule has 0 amide bonds. The van der Waals surface area contributed by atoms with Crippen LogP contribution in [0.2, 0.25) is 0 Å². The average Bonchev–Trinajstić information content (AvgIpc) is 2.93. The van der Waals surface area contributed by atoms with Gasteiger partial charge in [0.15, 0.2) is 0 Å². The van der Waals surface area contributed by atoms with Crippen LogP contribution in [0, 0.1) is 0 Å². The number of rotatable bonds is 29. The Hall–Kier alpha value is -2.10. The molecule has 0 rings (SSSR count). The van der Waals surface area contributed by atoms with Crippen LogP contribution in [0.15, 0.2) is 48.6 Å². The number of unbranched alkanes of at least 4 members (excludes halogenated alkanes) is 14. The summed E-state index contributed by atoms with van der Waals surface area (Å²) in [4.78, 5) is 23.2. The van der Waals surface area contributed by atoms with E-state index in [1.807, 2.05) is 6.08 Å². The maximum Gasteiger partial charge on any atom is 0.306 e. The highest BCUT2D eigenvalue weighted by molar-refractivity contribution is 5.69. The quantitative estimate of drug-likeness (QED) is 0.0563. The molecule has 1 atom stereocenters. The molecule has 40 heavy (non-hydrogen) atoms. The molecule has 4 heteroatoms. The maximum absolute atomic E-state index is 12.5. The Kier molecular flexibility index (Phi) is 29.8. The average molecular weight is 559 g/mol. The van der Waals surface area contributed by atoms with Gasteiger partial charge in [-0.25, -0.2) is 0 Å². The van der Waals surface area contributed by atoms with E-state index in [4.69, 9.17) is 9.84 Å². The number of carbonyl (C=O) groups is 2. The van der Waals surface area contributed by atoms with E-state index in [1.54, 1.807) is 0 Å². The monoisotopic (exact) mass is 558 g/mol. The van der Waals surface area contributed by atoms with Gasteiger partial charge < -0.3 is 9.84 Å². The molecule has 4 nitrogen and oxygen atoms in total. The van der Waals surface area contributed by atoms with E-state index < -0.39 is 5.97 Å². The van der Waals surface area contributed by atoms with E-state index in [0.717, 1.165) is 57.8 Å². The predicted molar refractivity (Wildman–Crippen MR) is 172 cm³/mol. The van der Waals surface area contributed by atoms with Gasteiger partial charge in [-0.05, 0) is 76.7 Å². The fourth-order valence-electron chi connectivity index (χ4n) is 4.58. The normalized spacial score (nSPS) is 12.8. The third kappa shape index (κ3) is 30.4. The van der Waals surface area contributed by atoms with E-state index in [1.165, 1.54) is 70.6 Å². The van der Waals surface area contributed by atoms with Gasteiger partial charge in [-0.3, -0.25) is 9.59 Å². The zero-order valence-corrected chi connectivity index (χ0v) is 26.1. The zero-order chi connectivity index (χ0) is 29.4. The fraction of sp³-hybridized carbons (Fsp3) is 0.722. The van der Waals surface area contributed by atoms with Crippen molar-refractivity contribution in [1.29, 1.82) is 0 Å². The second-order valence-corrected chi connectivity index (χ2v) is 11.0. The topological polar surface area (TPSA) is 63.6 Å². The number of ether oxygens (including phenoxy) is 1. The Bertz CT molecular complexity index is 689. The molecule has 0 saturated heterocycles. The van der Waals surface area contributed by atoms with Gasteiger partial charge in [-0.2, -0.15) is 0 Å². The zero-order valence-electron chi connectivity index (χ0n) is 26.1. The van der Waals surface area contributed by atoms with Crippen LogP contribution in [0.4, 0.5) is 0 Å². The van der Waals surface area contributed by atoms with Gasteiger partial charge in [0, 0.05) is 12.8 Å². The fourth-order valence-corrected chi connectivity index (χ4v) is 4.58. The number of allylic oxidation sites excluding steroid dienone is 7. The van der Waals surface area contributed by atoms with Crippen LogP contribution < -0.4 is 0 Å². The van der Waals surface area contributed by atoms with Crippen molar-refractivity contribution in [2.24, 2.45) is 0 Å². The Morgan fingerprint density at radius 2 is 1.12 bits per heavy atom. The van der Waals surface area contributed by atoms with Crippen molar-refractivity contribution < 1.29 is 19.4 Å². The highest BCUT2D eigenvalue weighted by atomic mass is 16.5. The first-order valence-electron chi connectivity index (χ1n) is 16.6. The van der Waals surface area contributed by atoms with Gasteiger partial charge in [-0.1, -0.05) is 121 Å². The molecular formula is C36H62O4. The van der Waals surface area contributed by atoms with Crippen molar-refractivity contribution in [1.82, 2.24) is 0 Å². The number of hydrogen-bond donors (Lipinski definition) is 1. The summed E-state index contributed by atoms with van der Waals surface area (Å²) in [5, 5.41) is 8.78. The standard InChI is InChI=1S/C36H62O4/c1-3-5-7-9-11-13-14-15-16-17-18-19-21-23-29-33-36(39)40-34(31-27-24-25-28-32-35(37)38)30-26-22-20-12-10-8-6-4-2/h6,8,12,15-16,20,26,30,34H,3-5,7,9-11,13-14,17-19,21-25,27-29,31-33H2,1-2H3,(H,37,38)/b8-6-,16-15-,20-12-,30-26-. The summed E-state index contributed by atoms with van der Waals surface area (Å²) >= 11 is 0. The van der Waals surface area contributed by atoms with Gasteiger partial charge in [0.1, 0.15) is 6.10 Å². The first kappa shape index (κ1) is 37.9. The minimum Gasteiger partial charge on any atom is -0.481 e. The molecule has 1 unspecified atom stereocenters. The lowest BCUT2D eigenvalue weighted by Crippen LogP contribution is -2.16. The van der Waals surface area contributed by atoms with E-state index in [9.17, 15) is 9.59 Å². The van der Waals surface area contributed by atoms with Crippen LogP contribution in [0.3, 0.4) is 0 Å². The number of hydrogen-bond acceptors (Lipinski definition) is 3. The van der Waals surface area contributed by atoms with Crippen LogP contribution in [0.25, 0.3) is 0 Å². The molecule has 0 fully saturated rings. The minimum absolute atomic E-state index is 0.0987. The number of carboxylic acids is 1. The van der Waals surface area contributed by atoms with Crippen LogP contribution in [-0.4, -0.2) is 23.1 Å². The van der Waals surface area contributed by atoms with Crippen LogP contribution in [0.5, 0.6) is 0 Å². The molecule has 0 spiro atoms. The minimum atomic E-state index is -0.733. The summed E-state index contributed by atoms with van der Waals surface area (Å²) in [5.74, 6) is -0.831. The maximum atomic E-state index is 12.5. The molecule has 1 N–H and O–H groups in total. The van der Waals surface area contributed by atoms with Crippen molar-refractivity contribution in [3.05, 3.63) is 48.6 Å². The summed E-state index contributed by atoms with van der Waals surface area (Å²) in [6, 6.07) is 0. The van der Waals surface area contributed by atoms with Gasteiger partial charge in [0.05, 0.1) is 0 Å². The molecule has 0 aliphatic rings. The van der Waals surface area contributed by atoms with Crippen molar-refractivity contribution in [2.75, 3.05) is 0 Å². The summed E-state index contributed by atoms with van der Waals surface area (Å²) in [7, 11) is 0. The summed E-state index contributed by atoms with van der Waals surface area (Å²) in [5.41, 5.74) is 0. The molecule has 230 valence electrons. The first-order valence-corrected chi connectivity index (χ1v) is 16.6. The third-order valence-electron chi connectivity index (χ3n) is 7.02. The van der Waals surface area contributed by atoms with Gasteiger partial charge in [0.2, 0.25) is 0 Å². The molecular weight excluding hydrogens is 496 g/mol. The van der Waals surface area contributed by atoms with Crippen molar-refractivity contribution in [3.8, 4) is 0 Å². The Balaban J connectivity index is 4.09. The van der Waals surface area contributed by atoms with E-state index >= 15 is 0 Å². The number of carboxylic acid groups (broad SMARTS) is 1. The van der Waals surface area contributed by atoms with Gasteiger partial charge >= 0.3 is 11.9 Å². The molecule has 0 radical (unpaired) electrons. The van der Waals surface area contributed by atoms with Gasteiger partial charge in [-0.15, -0.1) is 0 Å². The lowest BCUT2D eigenvalue weighted by molar-refractivity contribution is -0.147. The molecule has 0 aromatic heterocycles. The highest BCUT2D eigenvalue weighted by Crippen LogP contribution is 2.14. The van der Waals surface area contributed by atoms with Crippen LogP contribution in [0.1, 0.15) is 162 Å². The predicted octanol–water partition coefficient (Wildman–Crippen LogP) is 11.2. The van der Waals surface area contributed by atoms with Crippen molar-refractivity contribution in [2.45, 2.75) is 168 Å². The van der Waals surface area contributed by atoms with Crippen LogP contribution in [-0.2, 0) is 14.3 Å². The molecule has 0 heterocycles. The summed E-state index contributed by atoms with van der Waals surface area (Å²) < 4.78 is 5.81. The molecule has 0 saturated carbocycles. The Labute approximate surface area is 247 Å². The first-order chi connectivity index (χ1) is 19.6. The smallest absolute Gasteiger partial charge is 0.306 e. The van der Waals surface area contributed by atoms with Crippen LogP contribution >= 0.6 is 0 Å². The van der Waals surface area contributed by atoms with E-state index in [-0.39, 0.29) is 18.5 Å². The molecule has 0 aliphatic carbocycles. The van der Waals surface area contributed by atoms with Crippen molar-refractivity contribution >= 4 is 11.9 Å². The van der Waals surface area contributed by atoms with E-state index in [0.29, 0.717) is 12.8 Å². The SMILES string of the molecule is CC/C=C\C/C=C\C/C=C\C(CCCCCCC(=O)O)OC(=O)CCCCCCC/C=C\CCCCCCCC. The Morgan fingerprint density at radius 3 is 1.75 bits per heavy atom. The second kappa shape index (κ2) is 31.4. The lowest BCUT2D eigenvalue weighted by Gasteiger charge is -2.14. The lowest BCUT2D eigenvalue weighted by atomic mass is 10.1. The molecule has 0 aromatic carbocycles. The number of carbonyl (C=O) groups excluding carboxylic acids is 1. The van der Waals surface area contributed by atoms with E-state index in [2.05, 4.69) is 56.4 Å².